The summed E-state index contributed by atoms with van der Waals surface area (Å²) in [6, 6.07) is 7.98. The second kappa shape index (κ2) is 8.93. The predicted octanol–water partition coefficient (Wildman–Crippen LogP) is 0.829. The highest BCUT2D eigenvalue weighted by molar-refractivity contribution is 5.83. The quantitative estimate of drug-likeness (QED) is 0.768. The summed E-state index contributed by atoms with van der Waals surface area (Å²) in [7, 11) is 3.62. The van der Waals surface area contributed by atoms with E-state index < -0.39 is 6.04 Å². The third-order valence-electron chi connectivity index (χ3n) is 4.58. The van der Waals surface area contributed by atoms with Crippen molar-refractivity contribution in [1.82, 2.24) is 25.3 Å². The zero-order valence-corrected chi connectivity index (χ0v) is 15.4. The molecule has 26 heavy (non-hydrogen) atoms. The van der Waals surface area contributed by atoms with Gasteiger partial charge in [-0.2, -0.15) is 5.10 Å². The Bertz CT molecular complexity index is 724. The van der Waals surface area contributed by atoms with Crippen LogP contribution in [-0.2, 0) is 29.7 Å². The normalized spacial score (nSPS) is 16.4. The maximum atomic E-state index is 12.5. The van der Waals surface area contributed by atoms with Crippen molar-refractivity contribution in [2.75, 3.05) is 33.4 Å². The van der Waals surface area contributed by atoms with Crippen LogP contribution in [0.15, 0.2) is 36.7 Å². The Morgan fingerprint density at radius 2 is 2.08 bits per heavy atom. The minimum Gasteiger partial charge on any atom is -0.379 e. The second-order valence-electron chi connectivity index (χ2n) is 6.60. The number of nitrogens with zero attached hydrogens (tertiary/aromatic N) is 3. The van der Waals surface area contributed by atoms with E-state index >= 15 is 0 Å². The summed E-state index contributed by atoms with van der Waals surface area (Å²) in [6.07, 6.45) is 3.56. The fraction of sp³-hybridized carbons (Fsp3) is 0.474. The molecule has 2 N–H and O–H groups in total. The van der Waals surface area contributed by atoms with Crippen molar-refractivity contribution < 1.29 is 9.53 Å². The van der Waals surface area contributed by atoms with E-state index in [0.29, 0.717) is 6.54 Å². The van der Waals surface area contributed by atoms with Gasteiger partial charge in [-0.1, -0.05) is 24.3 Å². The lowest BCUT2D eigenvalue weighted by Gasteiger charge is -2.26. The SMILES string of the molecule is CNC(C(=O)NCc1cccc(CN2CCOCC2)c1)c1cnn(C)c1. The Labute approximate surface area is 154 Å². The van der Waals surface area contributed by atoms with Gasteiger partial charge >= 0.3 is 0 Å². The smallest absolute Gasteiger partial charge is 0.242 e. The standard InChI is InChI=1S/C19H27N5O2/c1-20-18(17-12-22-23(2)14-17)19(25)21-11-15-4-3-5-16(10-15)13-24-6-8-26-9-7-24/h3-5,10,12,14,18,20H,6-9,11,13H2,1-2H3,(H,21,25). The van der Waals surface area contributed by atoms with Crippen LogP contribution < -0.4 is 10.6 Å². The maximum absolute atomic E-state index is 12.5. The van der Waals surface area contributed by atoms with Gasteiger partial charge in [-0.3, -0.25) is 14.4 Å². The van der Waals surface area contributed by atoms with Gasteiger partial charge in [0, 0.05) is 45.0 Å². The van der Waals surface area contributed by atoms with E-state index in [0.717, 1.165) is 44.0 Å². The van der Waals surface area contributed by atoms with Crippen molar-refractivity contribution in [3.63, 3.8) is 0 Å². The van der Waals surface area contributed by atoms with Crippen molar-refractivity contribution in [3.8, 4) is 0 Å². The fourth-order valence-electron chi connectivity index (χ4n) is 3.19. The molecule has 1 aromatic heterocycles. The maximum Gasteiger partial charge on any atom is 0.242 e. The average Bonchev–Trinajstić information content (AvgIpc) is 3.08. The molecule has 3 rings (SSSR count). The zero-order chi connectivity index (χ0) is 18.4. The van der Waals surface area contributed by atoms with Gasteiger partial charge in [0.15, 0.2) is 0 Å². The molecule has 1 fully saturated rings. The highest BCUT2D eigenvalue weighted by Gasteiger charge is 2.19. The summed E-state index contributed by atoms with van der Waals surface area (Å²) in [5, 5.41) is 10.2. The largest absolute Gasteiger partial charge is 0.379 e. The molecule has 1 unspecified atom stereocenters. The van der Waals surface area contributed by atoms with Crippen LogP contribution in [0.5, 0.6) is 0 Å². The number of benzene rings is 1. The van der Waals surface area contributed by atoms with Crippen LogP contribution in [0.1, 0.15) is 22.7 Å². The van der Waals surface area contributed by atoms with Gasteiger partial charge in [0.25, 0.3) is 0 Å². The van der Waals surface area contributed by atoms with Gasteiger partial charge in [-0.25, -0.2) is 0 Å². The molecule has 140 valence electrons. The molecule has 1 aromatic carbocycles. The van der Waals surface area contributed by atoms with Crippen LogP contribution in [-0.4, -0.2) is 53.9 Å². The van der Waals surface area contributed by atoms with Gasteiger partial charge in [0.05, 0.1) is 19.4 Å². The highest BCUT2D eigenvalue weighted by Crippen LogP contribution is 2.13. The number of rotatable bonds is 7. The lowest BCUT2D eigenvalue weighted by atomic mass is 10.1. The number of morpholine rings is 1. The minimum atomic E-state index is -0.403. The fourth-order valence-corrected chi connectivity index (χ4v) is 3.19. The molecule has 2 heterocycles. The lowest BCUT2D eigenvalue weighted by molar-refractivity contribution is -0.123. The Morgan fingerprint density at radius 1 is 1.31 bits per heavy atom. The van der Waals surface area contributed by atoms with E-state index in [9.17, 15) is 4.79 Å². The summed E-state index contributed by atoms with van der Waals surface area (Å²) >= 11 is 0. The third-order valence-corrected chi connectivity index (χ3v) is 4.58. The van der Waals surface area contributed by atoms with Gasteiger partial charge in [0.1, 0.15) is 6.04 Å². The number of aromatic nitrogens is 2. The first-order chi connectivity index (χ1) is 12.7. The molecule has 0 aliphatic carbocycles. The van der Waals surface area contributed by atoms with Crippen molar-refractivity contribution >= 4 is 5.91 Å². The Balaban J connectivity index is 1.56. The van der Waals surface area contributed by atoms with Crippen LogP contribution in [0.2, 0.25) is 0 Å². The molecular weight excluding hydrogens is 330 g/mol. The number of hydrogen-bond donors (Lipinski definition) is 2. The highest BCUT2D eigenvalue weighted by atomic mass is 16.5. The molecule has 0 saturated carbocycles. The van der Waals surface area contributed by atoms with E-state index in [-0.39, 0.29) is 5.91 Å². The van der Waals surface area contributed by atoms with E-state index in [1.165, 1.54) is 5.56 Å². The van der Waals surface area contributed by atoms with Crippen LogP contribution in [0.25, 0.3) is 0 Å². The van der Waals surface area contributed by atoms with Crippen molar-refractivity contribution in [3.05, 3.63) is 53.3 Å². The third kappa shape index (κ3) is 4.91. The Morgan fingerprint density at radius 3 is 2.77 bits per heavy atom. The van der Waals surface area contributed by atoms with Crippen LogP contribution in [0.3, 0.4) is 0 Å². The summed E-state index contributed by atoms with van der Waals surface area (Å²) in [5.41, 5.74) is 3.22. The molecule has 1 aliphatic heterocycles. The monoisotopic (exact) mass is 357 g/mol. The summed E-state index contributed by atoms with van der Waals surface area (Å²) in [5.74, 6) is -0.0564. The number of aryl methyl sites for hydroxylation is 1. The predicted molar refractivity (Wildman–Crippen MR) is 99.4 cm³/mol. The first kappa shape index (κ1) is 18.6. The van der Waals surface area contributed by atoms with E-state index in [2.05, 4.69) is 32.8 Å². The van der Waals surface area contributed by atoms with Gasteiger partial charge in [0.2, 0.25) is 5.91 Å². The number of amides is 1. The van der Waals surface area contributed by atoms with Gasteiger partial charge < -0.3 is 15.4 Å². The molecule has 7 nitrogen and oxygen atoms in total. The molecule has 2 aromatic rings. The van der Waals surface area contributed by atoms with Crippen molar-refractivity contribution in [2.24, 2.45) is 7.05 Å². The Kier molecular flexibility index (Phi) is 6.38. The van der Waals surface area contributed by atoms with E-state index in [1.54, 1.807) is 17.9 Å². The lowest BCUT2D eigenvalue weighted by Crippen LogP contribution is -2.36. The van der Waals surface area contributed by atoms with Crippen molar-refractivity contribution in [2.45, 2.75) is 19.1 Å². The van der Waals surface area contributed by atoms with E-state index in [4.69, 9.17) is 4.74 Å². The molecular formula is C19H27N5O2. The van der Waals surface area contributed by atoms with E-state index in [1.807, 2.05) is 25.4 Å². The number of carbonyl (C=O) groups excluding carboxylic acids is 1. The van der Waals surface area contributed by atoms with Gasteiger partial charge in [-0.15, -0.1) is 0 Å². The molecule has 1 aliphatic rings. The molecule has 0 radical (unpaired) electrons. The molecule has 7 heteroatoms. The molecule has 1 atom stereocenters. The molecule has 0 spiro atoms. The van der Waals surface area contributed by atoms with Crippen LogP contribution >= 0.6 is 0 Å². The second-order valence-corrected chi connectivity index (χ2v) is 6.60. The number of ether oxygens (including phenoxy) is 1. The van der Waals surface area contributed by atoms with Crippen LogP contribution in [0.4, 0.5) is 0 Å². The number of hydrogen-bond acceptors (Lipinski definition) is 5. The molecule has 0 bridgehead atoms. The number of carbonyl (C=O) groups is 1. The van der Waals surface area contributed by atoms with Crippen molar-refractivity contribution in [1.29, 1.82) is 0 Å². The number of likely N-dealkylation sites (N-methyl/N-ethyl adjacent to an activating group) is 1. The summed E-state index contributed by atoms with van der Waals surface area (Å²) in [4.78, 5) is 14.9. The molecule has 1 amide bonds. The average molecular weight is 357 g/mol. The van der Waals surface area contributed by atoms with Gasteiger partial charge in [-0.05, 0) is 18.2 Å². The first-order valence-corrected chi connectivity index (χ1v) is 8.97. The Hall–Kier alpha value is -2.22. The first-order valence-electron chi connectivity index (χ1n) is 8.97. The summed E-state index contributed by atoms with van der Waals surface area (Å²) in [6.45, 7) is 4.96. The zero-order valence-electron chi connectivity index (χ0n) is 15.4. The minimum absolute atomic E-state index is 0.0564. The number of nitrogens with one attached hydrogen (secondary N) is 2. The topological polar surface area (TPSA) is 71.4 Å². The summed E-state index contributed by atoms with van der Waals surface area (Å²) < 4.78 is 7.09. The van der Waals surface area contributed by atoms with Crippen LogP contribution in [0, 0.1) is 0 Å². The molecule has 1 saturated heterocycles.